The first-order valence-electron chi connectivity index (χ1n) is 11.1. The van der Waals surface area contributed by atoms with Gasteiger partial charge in [0.15, 0.2) is 0 Å². The number of carbonyl (C=O) groups excluding carboxylic acids is 2. The van der Waals surface area contributed by atoms with Crippen LogP contribution in [-0.2, 0) is 23.3 Å². The second-order valence-corrected chi connectivity index (χ2v) is 8.78. The van der Waals surface area contributed by atoms with Gasteiger partial charge in [-0.05, 0) is 65.9 Å². The Morgan fingerprint density at radius 2 is 1.61 bits per heavy atom. The van der Waals surface area contributed by atoms with Crippen LogP contribution in [0.25, 0.3) is 0 Å². The molecule has 0 bridgehead atoms. The molecule has 0 unspecified atom stereocenters. The lowest BCUT2D eigenvalue weighted by molar-refractivity contribution is -0.126. The molecule has 1 fully saturated rings. The Bertz CT molecular complexity index is 1110. The van der Waals surface area contributed by atoms with Gasteiger partial charge in [-0.1, -0.05) is 48.7 Å². The molecule has 1 aliphatic rings. The summed E-state index contributed by atoms with van der Waals surface area (Å²) in [7, 11) is 0. The Labute approximate surface area is 198 Å². The smallest absolute Gasteiger partial charge is 0.319 e. The van der Waals surface area contributed by atoms with E-state index in [1.54, 1.807) is 12.4 Å². The van der Waals surface area contributed by atoms with Gasteiger partial charge in [-0.25, -0.2) is 4.79 Å². The van der Waals surface area contributed by atoms with Crippen LogP contribution in [0.1, 0.15) is 42.4 Å². The molecule has 33 heavy (non-hydrogen) atoms. The van der Waals surface area contributed by atoms with Gasteiger partial charge in [0.05, 0.1) is 5.41 Å². The van der Waals surface area contributed by atoms with Crippen molar-refractivity contribution in [2.45, 2.75) is 44.2 Å². The number of amides is 3. The van der Waals surface area contributed by atoms with Crippen LogP contribution in [0.15, 0.2) is 73.1 Å². The van der Waals surface area contributed by atoms with Gasteiger partial charge in [0, 0.05) is 36.2 Å². The van der Waals surface area contributed by atoms with E-state index in [1.165, 1.54) is 0 Å². The molecular weight excluding hydrogens is 436 g/mol. The summed E-state index contributed by atoms with van der Waals surface area (Å²) in [5, 5.41) is 9.42. The summed E-state index contributed by atoms with van der Waals surface area (Å²) >= 11 is 6.20. The van der Waals surface area contributed by atoms with Crippen LogP contribution in [0.2, 0.25) is 5.02 Å². The van der Waals surface area contributed by atoms with Gasteiger partial charge in [-0.15, -0.1) is 0 Å². The first-order valence-corrected chi connectivity index (χ1v) is 11.5. The third-order valence-electron chi connectivity index (χ3n) is 6.11. The highest BCUT2D eigenvalue weighted by atomic mass is 35.5. The molecule has 0 atom stereocenters. The van der Waals surface area contributed by atoms with Crippen molar-refractivity contribution < 1.29 is 9.59 Å². The minimum Gasteiger partial charge on any atom is -0.351 e. The van der Waals surface area contributed by atoms with Crippen LogP contribution in [-0.4, -0.2) is 16.9 Å². The highest BCUT2D eigenvalue weighted by Gasteiger charge is 2.42. The topological polar surface area (TPSA) is 83.1 Å². The van der Waals surface area contributed by atoms with Crippen LogP contribution in [0, 0.1) is 0 Å². The number of hydrogen-bond donors (Lipinski definition) is 3. The van der Waals surface area contributed by atoms with E-state index in [4.69, 9.17) is 11.6 Å². The Kier molecular flexibility index (Phi) is 7.25. The van der Waals surface area contributed by atoms with E-state index in [0.29, 0.717) is 23.8 Å². The fraction of sp³-hybridized carbons (Fsp3) is 0.269. The number of aromatic nitrogens is 1. The predicted octanol–water partition coefficient (Wildman–Crippen LogP) is 5.18. The van der Waals surface area contributed by atoms with Gasteiger partial charge in [0.1, 0.15) is 0 Å². The van der Waals surface area contributed by atoms with Gasteiger partial charge in [-0.2, -0.15) is 0 Å². The summed E-state index contributed by atoms with van der Waals surface area (Å²) in [5.41, 5.74) is 2.99. The number of hydrogen-bond acceptors (Lipinski definition) is 3. The second kappa shape index (κ2) is 10.5. The van der Waals surface area contributed by atoms with E-state index in [2.05, 4.69) is 20.9 Å². The van der Waals surface area contributed by atoms with Crippen LogP contribution in [0.3, 0.4) is 0 Å². The minimum absolute atomic E-state index is 0.0238. The second-order valence-electron chi connectivity index (χ2n) is 8.35. The van der Waals surface area contributed by atoms with Gasteiger partial charge >= 0.3 is 6.03 Å². The molecule has 1 aromatic heterocycles. The molecule has 6 nitrogen and oxygen atoms in total. The molecule has 0 radical (unpaired) electrons. The van der Waals surface area contributed by atoms with E-state index in [-0.39, 0.29) is 11.9 Å². The lowest BCUT2D eigenvalue weighted by Gasteiger charge is -2.28. The van der Waals surface area contributed by atoms with E-state index in [0.717, 1.165) is 42.4 Å². The Balaban J connectivity index is 1.36. The molecule has 0 saturated heterocycles. The quantitative estimate of drug-likeness (QED) is 0.452. The van der Waals surface area contributed by atoms with E-state index >= 15 is 0 Å². The SMILES string of the molecule is O=C(NCc1ccncc1)Nc1cccc(CNC(=O)C2(c3cccc(Cl)c3)CCCC2)c1. The molecule has 2 aromatic carbocycles. The Hall–Kier alpha value is -3.38. The lowest BCUT2D eigenvalue weighted by Crippen LogP contribution is -2.42. The number of nitrogens with one attached hydrogen (secondary N) is 3. The molecule has 1 saturated carbocycles. The Morgan fingerprint density at radius 3 is 2.36 bits per heavy atom. The summed E-state index contributed by atoms with van der Waals surface area (Å²) < 4.78 is 0. The summed E-state index contributed by atoms with van der Waals surface area (Å²) in [6.45, 7) is 0.797. The zero-order valence-corrected chi connectivity index (χ0v) is 19.1. The third kappa shape index (κ3) is 5.71. The van der Waals surface area contributed by atoms with Crippen LogP contribution >= 0.6 is 11.6 Å². The molecule has 1 aliphatic carbocycles. The highest BCUT2D eigenvalue weighted by Crippen LogP contribution is 2.42. The number of rotatable bonds is 7. The molecule has 3 N–H and O–H groups in total. The molecular formula is C26H27ClN4O2. The number of pyridine rings is 1. The van der Waals surface area contributed by atoms with Gasteiger partial charge in [0.25, 0.3) is 0 Å². The number of nitrogens with zero attached hydrogens (tertiary/aromatic N) is 1. The summed E-state index contributed by atoms with van der Waals surface area (Å²) in [4.78, 5) is 29.5. The fourth-order valence-corrected chi connectivity index (χ4v) is 4.57. The molecule has 3 aromatic rings. The van der Waals surface area contributed by atoms with Crippen molar-refractivity contribution in [1.29, 1.82) is 0 Å². The van der Waals surface area contributed by atoms with Crippen molar-refractivity contribution in [1.82, 2.24) is 15.6 Å². The number of anilines is 1. The van der Waals surface area contributed by atoms with Gasteiger partial charge < -0.3 is 16.0 Å². The Morgan fingerprint density at radius 1 is 0.879 bits per heavy atom. The zero-order valence-electron chi connectivity index (χ0n) is 18.3. The zero-order chi connectivity index (χ0) is 23.1. The van der Waals surface area contributed by atoms with Crippen molar-refractivity contribution in [3.8, 4) is 0 Å². The van der Waals surface area contributed by atoms with Gasteiger partial charge in [-0.3, -0.25) is 9.78 Å². The molecule has 3 amide bonds. The van der Waals surface area contributed by atoms with Crippen molar-refractivity contribution in [3.05, 3.63) is 94.8 Å². The standard InChI is InChI=1S/C26H27ClN4O2/c27-22-7-4-6-21(16-22)26(11-1-2-12-26)24(32)29-18-20-5-3-8-23(15-20)31-25(33)30-17-19-9-13-28-14-10-19/h3-10,13-16H,1-2,11-12,17-18H2,(H,29,32)(H2,30,31,33). The summed E-state index contributed by atoms with van der Waals surface area (Å²) in [6, 6.07) is 18.5. The molecule has 170 valence electrons. The number of benzene rings is 2. The van der Waals surface area contributed by atoms with E-state index in [9.17, 15) is 9.59 Å². The molecule has 1 heterocycles. The van der Waals surface area contributed by atoms with Crippen LogP contribution < -0.4 is 16.0 Å². The van der Waals surface area contributed by atoms with E-state index in [1.807, 2.05) is 60.7 Å². The first kappa shape index (κ1) is 22.8. The number of carbonyl (C=O) groups is 2. The fourth-order valence-electron chi connectivity index (χ4n) is 4.38. The molecule has 0 spiro atoms. The first-order chi connectivity index (χ1) is 16.0. The van der Waals surface area contributed by atoms with Crippen molar-refractivity contribution in [2.24, 2.45) is 0 Å². The maximum atomic E-state index is 13.3. The van der Waals surface area contributed by atoms with Crippen molar-refractivity contribution >= 4 is 29.2 Å². The summed E-state index contributed by atoms with van der Waals surface area (Å²) in [6.07, 6.45) is 7.06. The highest BCUT2D eigenvalue weighted by molar-refractivity contribution is 6.30. The van der Waals surface area contributed by atoms with Crippen molar-refractivity contribution in [3.63, 3.8) is 0 Å². The molecule has 7 heteroatoms. The van der Waals surface area contributed by atoms with Gasteiger partial charge in [0.2, 0.25) is 5.91 Å². The van der Waals surface area contributed by atoms with Crippen LogP contribution in [0.5, 0.6) is 0 Å². The van der Waals surface area contributed by atoms with E-state index < -0.39 is 5.41 Å². The molecule has 0 aliphatic heterocycles. The number of halogens is 1. The van der Waals surface area contributed by atoms with Crippen molar-refractivity contribution in [2.75, 3.05) is 5.32 Å². The average Bonchev–Trinajstić information content (AvgIpc) is 3.34. The predicted molar refractivity (Wildman–Crippen MR) is 130 cm³/mol. The maximum Gasteiger partial charge on any atom is 0.319 e. The number of urea groups is 1. The minimum atomic E-state index is -0.534. The third-order valence-corrected chi connectivity index (χ3v) is 6.34. The lowest BCUT2D eigenvalue weighted by atomic mass is 9.78. The normalized spacial score (nSPS) is 14.5. The largest absolute Gasteiger partial charge is 0.351 e. The van der Waals surface area contributed by atoms with Crippen LogP contribution in [0.4, 0.5) is 10.5 Å². The maximum absolute atomic E-state index is 13.3. The average molecular weight is 463 g/mol. The summed E-state index contributed by atoms with van der Waals surface area (Å²) in [5.74, 6) is 0.0238. The molecule has 4 rings (SSSR count). The monoisotopic (exact) mass is 462 g/mol.